The first-order valence-electron chi connectivity index (χ1n) is 5.58. The molecule has 0 aromatic heterocycles. The molecule has 0 aromatic rings. The first-order valence-corrected chi connectivity index (χ1v) is 7.06. The largest absolute Gasteiger partial charge is 0.409 e. The number of hydrogen-bond donors (Lipinski definition) is 3. The Morgan fingerprint density at radius 3 is 1.94 bits per heavy atom. The van der Waals surface area contributed by atoms with E-state index in [1.807, 2.05) is 0 Å². The van der Waals surface area contributed by atoms with Gasteiger partial charge in [-0.15, -0.1) is 0 Å². The van der Waals surface area contributed by atoms with Crippen LogP contribution in [-0.2, 0) is 10.0 Å². The van der Waals surface area contributed by atoms with Crippen molar-refractivity contribution >= 4 is 15.9 Å². The van der Waals surface area contributed by atoms with Gasteiger partial charge in [-0.2, -0.15) is 0 Å². The minimum absolute atomic E-state index is 0.115. The van der Waals surface area contributed by atoms with Gasteiger partial charge >= 0.3 is 0 Å². The SMILES string of the molecule is CCC(CC)(NS(=O)(=O)C(C)(C)C)C(N)=NO. The number of sulfonamides is 1. The summed E-state index contributed by atoms with van der Waals surface area (Å²) in [4.78, 5) is 0. The highest BCUT2D eigenvalue weighted by Gasteiger charge is 2.40. The van der Waals surface area contributed by atoms with E-state index in [0.29, 0.717) is 12.8 Å². The number of amidine groups is 1. The number of nitrogens with zero attached hydrogens (tertiary/aromatic N) is 1. The Hall–Kier alpha value is -0.820. The Kier molecular flexibility index (Phi) is 4.97. The number of nitrogens with one attached hydrogen (secondary N) is 1. The van der Waals surface area contributed by atoms with Crippen LogP contribution in [0.15, 0.2) is 5.16 Å². The predicted octanol–water partition coefficient (Wildman–Crippen LogP) is 1.01. The molecule has 0 heterocycles. The Labute approximate surface area is 103 Å². The molecule has 0 saturated heterocycles. The second kappa shape index (κ2) is 5.22. The summed E-state index contributed by atoms with van der Waals surface area (Å²) in [7, 11) is -3.56. The van der Waals surface area contributed by atoms with Crippen LogP contribution >= 0.6 is 0 Å². The van der Waals surface area contributed by atoms with Crippen molar-refractivity contribution < 1.29 is 13.6 Å². The Balaban J connectivity index is 5.45. The lowest BCUT2D eigenvalue weighted by Crippen LogP contribution is -2.59. The molecule has 0 aliphatic carbocycles. The third kappa shape index (κ3) is 3.32. The Morgan fingerprint density at radius 1 is 1.29 bits per heavy atom. The lowest BCUT2D eigenvalue weighted by atomic mass is 9.93. The van der Waals surface area contributed by atoms with Crippen molar-refractivity contribution in [1.29, 1.82) is 0 Å². The zero-order valence-electron chi connectivity index (χ0n) is 11.1. The first kappa shape index (κ1) is 16.2. The lowest BCUT2D eigenvalue weighted by molar-refractivity contribution is 0.307. The van der Waals surface area contributed by atoms with E-state index in [2.05, 4.69) is 9.88 Å². The summed E-state index contributed by atoms with van der Waals surface area (Å²) in [5, 5.41) is 11.7. The van der Waals surface area contributed by atoms with Crippen molar-refractivity contribution in [3.05, 3.63) is 0 Å². The summed E-state index contributed by atoms with van der Waals surface area (Å²) < 4.78 is 25.8. The predicted molar refractivity (Wildman–Crippen MR) is 68.5 cm³/mol. The molecule has 102 valence electrons. The monoisotopic (exact) mass is 265 g/mol. The molecule has 0 aromatic carbocycles. The zero-order valence-corrected chi connectivity index (χ0v) is 11.9. The number of hydrogen-bond acceptors (Lipinski definition) is 4. The van der Waals surface area contributed by atoms with Gasteiger partial charge in [-0.1, -0.05) is 19.0 Å². The van der Waals surface area contributed by atoms with Crippen LogP contribution in [0.2, 0.25) is 0 Å². The lowest BCUT2D eigenvalue weighted by Gasteiger charge is -2.34. The maximum Gasteiger partial charge on any atom is 0.217 e. The van der Waals surface area contributed by atoms with E-state index in [9.17, 15) is 8.42 Å². The van der Waals surface area contributed by atoms with Crippen molar-refractivity contribution in [1.82, 2.24) is 4.72 Å². The standard InChI is InChI=1S/C10H23N3O3S/c1-6-10(7-2,8(11)12-14)13-17(15,16)9(3,4)5/h13-14H,6-7H2,1-5H3,(H2,11,12). The van der Waals surface area contributed by atoms with Gasteiger partial charge < -0.3 is 10.9 Å². The summed E-state index contributed by atoms with van der Waals surface area (Å²) in [6.45, 7) is 8.35. The molecule has 0 aliphatic heterocycles. The highest BCUT2D eigenvalue weighted by atomic mass is 32.2. The molecular formula is C10H23N3O3S. The quantitative estimate of drug-likeness (QED) is 0.298. The third-order valence-electron chi connectivity index (χ3n) is 2.94. The summed E-state index contributed by atoms with van der Waals surface area (Å²) >= 11 is 0. The van der Waals surface area contributed by atoms with Gasteiger partial charge in [-0.3, -0.25) is 0 Å². The molecule has 0 bridgehead atoms. The second-order valence-electron chi connectivity index (χ2n) is 4.99. The average molecular weight is 265 g/mol. The maximum atomic E-state index is 12.1. The van der Waals surface area contributed by atoms with Crippen LogP contribution < -0.4 is 10.5 Å². The van der Waals surface area contributed by atoms with Gasteiger partial charge in [-0.25, -0.2) is 13.1 Å². The van der Waals surface area contributed by atoms with E-state index in [-0.39, 0.29) is 5.84 Å². The third-order valence-corrected chi connectivity index (χ3v) is 5.21. The fraction of sp³-hybridized carbons (Fsp3) is 0.900. The van der Waals surface area contributed by atoms with Gasteiger partial charge in [0.15, 0.2) is 5.84 Å². The van der Waals surface area contributed by atoms with Crippen LogP contribution in [0.5, 0.6) is 0 Å². The van der Waals surface area contributed by atoms with Crippen LogP contribution in [0, 0.1) is 0 Å². The van der Waals surface area contributed by atoms with Crippen molar-refractivity contribution in [2.24, 2.45) is 10.9 Å². The van der Waals surface area contributed by atoms with Crippen molar-refractivity contribution in [2.45, 2.75) is 57.7 Å². The van der Waals surface area contributed by atoms with E-state index in [1.54, 1.807) is 34.6 Å². The molecule has 17 heavy (non-hydrogen) atoms. The smallest absolute Gasteiger partial charge is 0.217 e. The number of nitrogens with two attached hydrogens (primary N) is 1. The van der Waals surface area contributed by atoms with Crippen molar-refractivity contribution in [3.8, 4) is 0 Å². The molecule has 4 N–H and O–H groups in total. The molecule has 7 heteroatoms. The van der Waals surface area contributed by atoms with Crippen molar-refractivity contribution in [3.63, 3.8) is 0 Å². The molecule has 0 fully saturated rings. The first-order chi connectivity index (χ1) is 7.56. The fourth-order valence-corrected chi connectivity index (χ4v) is 2.53. The minimum atomic E-state index is -3.56. The van der Waals surface area contributed by atoms with Crippen LogP contribution in [0.1, 0.15) is 47.5 Å². The maximum absolute atomic E-state index is 12.1. The summed E-state index contributed by atoms with van der Waals surface area (Å²) in [6.07, 6.45) is 0.823. The summed E-state index contributed by atoms with van der Waals surface area (Å²) in [5.41, 5.74) is 4.57. The van der Waals surface area contributed by atoms with Crippen LogP contribution in [0.25, 0.3) is 0 Å². The molecule has 0 saturated carbocycles. The number of oxime groups is 1. The summed E-state index contributed by atoms with van der Waals surface area (Å²) in [6, 6.07) is 0. The van der Waals surface area contributed by atoms with Crippen LogP contribution in [0.4, 0.5) is 0 Å². The van der Waals surface area contributed by atoms with Gasteiger partial charge in [0.1, 0.15) is 0 Å². The van der Waals surface area contributed by atoms with E-state index in [0.717, 1.165) is 0 Å². The molecule has 0 rings (SSSR count). The molecule has 0 aliphatic rings. The molecule has 0 atom stereocenters. The van der Waals surface area contributed by atoms with E-state index in [1.165, 1.54) is 0 Å². The van der Waals surface area contributed by atoms with E-state index < -0.39 is 20.3 Å². The summed E-state index contributed by atoms with van der Waals surface area (Å²) in [5.74, 6) is -0.115. The molecule has 0 radical (unpaired) electrons. The van der Waals surface area contributed by atoms with E-state index >= 15 is 0 Å². The van der Waals surface area contributed by atoms with E-state index in [4.69, 9.17) is 10.9 Å². The molecular weight excluding hydrogens is 242 g/mol. The minimum Gasteiger partial charge on any atom is -0.409 e. The van der Waals surface area contributed by atoms with Crippen LogP contribution in [0.3, 0.4) is 0 Å². The highest BCUT2D eigenvalue weighted by Crippen LogP contribution is 2.22. The van der Waals surface area contributed by atoms with Crippen LogP contribution in [-0.4, -0.2) is 29.7 Å². The fourth-order valence-electron chi connectivity index (χ4n) is 1.31. The second-order valence-corrected chi connectivity index (χ2v) is 7.43. The number of rotatable bonds is 5. The van der Waals surface area contributed by atoms with Crippen molar-refractivity contribution in [2.75, 3.05) is 0 Å². The topological polar surface area (TPSA) is 105 Å². The molecule has 0 unspecified atom stereocenters. The molecule has 0 spiro atoms. The van der Waals surface area contributed by atoms with Gasteiger partial charge in [0.25, 0.3) is 0 Å². The Bertz CT molecular complexity index is 378. The average Bonchev–Trinajstić information content (AvgIpc) is 2.23. The van der Waals surface area contributed by atoms with Gasteiger partial charge in [0.05, 0.1) is 10.3 Å². The molecule has 6 nitrogen and oxygen atoms in total. The molecule has 0 amide bonds. The normalized spacial score (nSPS) is 15.0. The zero-order chi connectivity index (χ0) is 13.9. The highest BCUT2D eigenvalue weighted by molar-refractivity contribution is 7.90. The van der Waals surface area contributed by atoms with Gasteiger partial charge in [0, 0.05) is 0 Å². The Morgan fingerprint density at radius 2 is 1.71 bits per heavy atom. The van der Waals surface area contributed by atoms with Gasteiger partial charge in [0.2, 0.25) is 10.0 Å². The van der Waals surface area contributed by atoms with Gasteiger partial charge in [-0.05, 0) is 33.6 Å².